The van der Waals surface area contributed by atoms with Gasteiger partial charge in [-0.3, -0.25) is 0 Å². The lowest BCUT2D eigenvalue weighted by atomic mass is 10.0. The van der Waals surface area contributed by atoms with Crippen LogP contribution in [-0.2, 0) is 6.42 Å². The van der Waals surface area contributed by atoms with Crippen molar-refractivity contribution in [2.24, 2.45) is 0 Å². The minimum absolute atomic E-state index is 0.0197. The second kappa shape index (κ2) is 5.42. The Morgan fingerprint density at radius 3 is 3.00 bits per heavy atom. The lowest BCUT2D eigenvalue weighted by molar-refractivity contribution is 0.564. The second-order valence-electron chi connectivity index (χ2n) is 3.75. The smallest absolute Gasteiger partial charge is 0.123 e. The van der Waals surface area contributed by atoms with Crippen LogP contribution in [0.4, 0.5) is 4.39 Å². The van der Waals surface area contributed by atoms with Gasteiger partial charge in [-0.05, 0) is 30.8 Å². The van der Waals surface area contributed by atoms with Gasteiger partial charge in [-0.1, -0.05) is 15.9 Å². The summed E-state index contributed by atoms with van der Waals surface area (Å²) in [5.41, 5.74) is 0.893. The summed E-state index contributed by atoms with van der Waals surface area (Å²) in [6.45, 7) is 0. The molecule has 0 radical (unpaired) electrons. The third-order valence-corrected chi connectivity index (χ3v) is 3.36. The third kappa shape index (κ3) is 2.92. The lowest BCUT2D eigenvalue weighted by Gasteiger charge is -2.17. The van der Waals surface area contributed by atoms with Crippen LogP contribution in [0.25, 0.3) is 0 Å². The monoisotopic (exact) mass is 297 g/mol. The number of nitrogens with zero attached hydrogens (tertiary/aromatic N) is 1. The van der Waals surface area contributed by atoms with E-state index >= 15 is 0 Å². The Morgan fingerprint density at radius 2 is 2.35 bits per heavy atom. The van der Waals surface area contributed by atoms with Crippen molar-refractivity contribution < 1.29 is 4.39 Å². The summed E-state index contributed by atoms with van der Waals surface area (Å²) in [6.07, 6.45) is 4.18. The molecule has 2 aromatic rings. The molecule has 0 fully saturated rings. The van der Waals surface area contributed by atoms with Crippen LogP contribution in [0.2, 0.25) is 0 Å². The molecule has 0 amide bonds. The van der Waals surface area contributed by atoms with Gasteiger partial charge in [-0.2, -0.15) is 0 Å². The summed E-state index contributed by atoms with van der Waals surface area (Å²) < 4.78 is 14.1. The molecule has 0 saturated heterocycles. The van der Waals surface area contributed by atoms with Crippen molar-refractivity contribution in [3.8, 4) is 0 Å². The molecule has 2 rings (SSSR count). The van der Waals surface area contributed by atoms with Crippen LogP contribution >= 0.6 is 15.9 Å². The van der Waals surface area contributed by atoms with E-state index in [1.165, 1.54) is 12.1 Å². The van der Waals surface area contributed by atoms with Crippen molar-refractivity contribution in [3.05, 3.63) is 52.3 Å². The molecular weight excluding hydrogens is 285 g/mol. The summed E-state index contributed by atoms with van der Waals surface area (Å²) in [6, 6.07) is 4.71. The highest BCUT2D eigenvalue weighted by atomic mass is 79.9. The van der Waals surface area contributed by atoms with E-state index in [1.807, 2.05) is 7.05 Å². The molecule has 0 saturated carbocycles. The van der Waals surface area contributed by atoms with Crippen LogP contribution < -0.4 is 5.32 Å². The molecule has 2 N–H and O–H groups in total. The molecule has 1 aromatic carbocycles. The topological polar surface area (TPSA) is 40.7 Å². The fourth-order valence-corrected chi connectivity index (χ4v) is 2.28. The molecule has 3 nitrogen and oxygen atoms in total. The Labute approximate surface area is 108 Å². The van der Waals surface area contributed by atoms with Gasteiger partial charge < -0.3 is 10.3 Å². The number of benzene rings is 1. The Hall–Kier alpha value is -1.20. The van der Waals surface area contributed by atoms with E-state index in [0.29, 0.717) is 6.42 Å². The second-order valence-corrected chi connectivity index (χ2v) is 4.60. The molecule has 0 spiro atoms. The standard InChI is InChI=1S/C12H13BrFN3/c1-15-11(7-12-16-4-5-17-12)9-6-8(14)2-3-10(9)13/h2-6,11,15H,7H2,1H3,(H,16,17). The zero-order valence-electron chi connectivity index (χ0n) is 9.37. The fourth-order valence-electron chi connectivity index (χ4n) is 1.75. The van der Waals surface area contributed by atoms with Crippen molar-refractivity contribution >= 4 is 15.9 Å². The van der Waals surface area contributed by atoms with Gasteiger partial charge in [0.05, 0.1) is 0 Å². The third-order valence-electron chi connectivity index (χ3n) is 2.63. The predicted molar refractivity (Wildman–Crippen MR) is 68.2 cm³/mol. The maximum atomic E-state index is 13.3. The average molecular weight is 298 g/mol. The molecule has 1 aromatic heterocycles. The zero-order chi connectivity index (χ0) is 12.3. The highest BCUT2D eigenvalue weighted by molar-refractivity contribution is 9.10. The first-order valence-corrected chi connectivity index (χ1v) is 6.10. The van der Waals surface area contributed by atoms with Gasteiger partial charge in [0.1, 0.15) is 11.6 Å². The number of aromatic amines is 1. The van der Waals surface area contributed by atoms with Crippen LogP contribution in [0, 0.1) is 5.82 Å². The SMILES string of the molecule is CNC(Cc1ncc[nH]1)c1cc(F)ccc1Br. The Bertz CT molecular complexity index is 485. The summed E-state index contributed by atoms with van der Waals surface area (Å²) in [4.78, 5) is 7.22. The molecule has 0 bridgehead atoms. The van der Waals surface area contributed by atoms with Crippen LogP contribution in [0.1, 0.15) is 17.4 Å². The van der Waals surface area contributed by atoms with E-state index < -0.39 is 0 Å². The van der Waals surface area contributed by atoms with Gasteiger partial charge in [0.25, 0.3) is 0 Å². The van der Waals surface area contributed by atoms with E-state index in [1.54, 1.807) is 18.5 Å². The highest BCUT2D eigenvalue weighted by Crippen LogP contribution is 2.26. The van der Waals surface area contributed by atoms with E-state index in [0.717, 1.165) is 15.9 Å². The molecule has 0 aliphatic carbocycles. The maximum Gasteiger partial charge on any atom is 0.123 e. The molecule has 17 heavy (non-hydrogen) atoms. The first-order chi connectivity index (χ1) is 8.20. The summed E-state index contributed by atoms with van der Waals surface area (Å²) >= 11 is 3.44. The molecule has 5 heteroatoms. The number of halogens is 2. The first kappa shape index (κ1) is 12.3. The highest BCUT2D eigenvalue weighted by Gasteiger charge is 2.15. The predicted octanol–water partition coefficient (Wildman–Crippen LogP) is 2.81. The van der Waals surface area contributed by atoms with Crippen molar-refractivity contribution in [1.82, 2.24) is 15.3 Å². The molecule has 1 unspecified atom stereocenters. The van der Waals surface area contributed by atoms with Gasteiger partial charge >= 0.3 is 0 Å². The molecular formula is C12H13BrFN3. The number of hydrogen-bond donors (Lipinski definition) is 2. The number of likely N-dealkylation sites (N-methyl/N-ethyl adjacent to an activating group) is 1. The van der Waals surface area contributed by atoms with Crippen LogP contribution in [0.5, 0.6) is 0 Å². The minimum atomic E-state index is -0.233. The number of nitrogens with one attached hydrogen (secondary N) is 2. The van der Waals surface area contributed by atoms with E-state index in [-0.39, 0.29) is 11.9 Å². The van der Waals surface area contributed by atoms with Crippen molar-refractivity contribution in [3.63, 3.8) is 0 Å². The first-order valence-electron chi connectivity index (χ1n) is 5.31. The molecule has 0 aliphatic rings. The summed E-state index contributed by atoms with van der Waals surface area (Å²) in [5.74, 6) is 0.642. The quantitative estimate of drug-likeness (QED) is 0.911. The van der Waals surface area contributed by atoms with Crippen LogP contribution in [0.3, 0.4) is 0 Å². The van der Waals surface area contributed by atoms with Crippen molar-refractivity contribution in [2.45, 2.75) is 12.5 Å². The summed E-state index contributed by atoms with van der Waals surface area (Å²) in [5, 5.41) is 3.17. The fraction of sp³-hybridized carbons (Fsp3) is 0.250. The summed E-state index contributed by atoms with van der Waals surface area (Å²) in [7, 11) is 1.85. The molecule has 0 aliphatic heterocycles. The van der Waals surface area contributed by atoms with Gasteiger partial charge in [0, 0.05) is 29.3 Å². The normalized spacial score (nSPS) is 12.6. The number of H-pyrrole nitrogens is 1. The minimum Gasteiger partial charge on any atom is -0.349 e. The van der Waals surface area contributed by atoms with Crippen LogP contribution in [0.15, 0.2) is 35.1 Å². The molecule has 1 atom stereocenters. The molecule has 90 valence electrons. The lowest BCUT2D eigenvalue weighted by Crippen LogP contribution is -2.20. The van der Waals surface area contributed by atoms with Gasteiger partial charge in [-0.25, -0.2) is 9.37 Å². The number of aromatic nitrogens is 2. The Kier molecular flexibility index (Phi) is 3.91. The Morgan fingerprint density at radius 1 is 1.53 bits per heavy atom. The van der Waals surface area contributed by atoms with Crippen molar-refractivity contribution in [2.75, 3.05) is 7.05 Å². The average Bonchev–Trinajstić information content (AvgIpc) is 2.82. The van der Waals surface area contributed by atoms with Crippen LogP contribution in [-0.4, -0.2) is 17.0 Å². The van der Waals surface area contributed by atoms with E-state index in [9.17, 15) is 4.39 Å². The maximum absolute atomic E-state index is 13.3. The van der Waals surface area contributed by atoms with E-state index in [4.69, 9.17) is 0 Å². The largest absolute Gasteiger partial charge is 0.349 e. The van der Waals surface area contributed by atoms with Gasteiger partial charge in [0.15, 0.2) is 0 Å². The Balaban J connectivity index is 2.25. The number of hydrogen-bond acceptors (Lipinski definition) is 2. The molecule has 1 heterocycles. The van der Waals surface area contributed by atoms with Gasteiger partial charge in [0.2, 0.25) is 0 Å². The number of rotatable bonds is 4. The van der Waals surface area contributed by atoms with Crippen molar-refractivity contribution in [1.29, 1.82) is 0 Å². The van der Waals surface area contributed by atoms with E-state index in [2.05, 4.69) is 31.2 Å². The zero-order valence-corrected chi connectivity index (χ0v) is 11.0. The van der Waals surface area contributed by atoms with Gasteiger partial charge in [-0.15, -0.1) is 0 Å². The number of imidazole rings is 1.